The molecule has 0 amide bonds. The third-order valence-corrected chi connectivity index (χ3v) is 2.92. The Labute approximate surface area is 108 Å². The van der Waals surface area contributed by atoms with Gasteiger partial charge in [-0.3, -0.25) is 0 Å². The van der Waals surface area contributed by atoms with Crippen LogP contribution in [0.15, 0.2) is 18.6 Å². The summed E-state index contributed by atoms with van der Waals surface area (Å²) >= 11 is 0. The zero-order valence-electron chi connectivity index (χ0n) is 10.7. The third-order valence-electron chi connectivity index (χ3n) is 2.92. The van der Waals surface area contributed by atoms with Crippen LogP contribution in [0.1, 0.15) is 25.0 Å². The molecule has 1 saturated heterocycles. The summed E-state index contributed by atoms with van der Waals surface area (Å²) in [5.41, 5.74) is 1.02. The molecule has 1 N–H and O–H groups in total. The molecule has 0 radical (unpaired) electrons. The highest BCUT2D eigenvalue weighted by Crippen LogP contribution is 2.11. The number of nitrogens with zero attached hydrogens (tertiary/aromatic N) is 2. The van der Waals surface area contributed by atoms with Gasteiger partial charge in [0.25, 0.3) is 0 Å². The summed E-state index contributed by atoms with van der Waals surface area (Å²) in [5.74, 6) is 0. The Morgan fingerprint density at radius 1 is 1.50 bits per heavy atom. The molecule has 1 fully saturated rings. The molecule has 1 aromatic heterocycles. The van der Waals surface area contributed by atoms with Gasteiger partial charge in [0.1, 0.15) is 6.33 Å². The predicted octanol–water partition coefficient (Wildman–Crippen LogP) is 1.15. The van der Waals surface area contributed by atoms with Crippen LogP contribution in [0, 0.1) is 0 Å². The second-order valence-electron chi connectivity index (χ2n) is 4.44. The van der Waals surface area contributed by atoms with E-state index in [1.807, 2.05) is 6.07 Å². The van der Waals surface area contributed by atoms with Crippen LogP contribution in [0.2, 0.25) is 0 Å². The van der Waals surface area contributed by atoms with Crippen molar-refractivity contribution in [2.45, 2.75) is 31.9 Å². The van der Waals surface area contributed by atoms with Crippen molar-refractivity contribution in [2.24, 2.45) is 0 Å². The van der Waals surface area contributed by atoms with Crippen molar-refractivity contribution in [3.63, 3.8) is 0 Å². The van der Waals surface area contributed by atoms with E-state index in [-0.39, 0.29) is 0 Å². The molecule has 0 aromatic carbocycles. The number of hydrogen-bond donors (Lipinski definition) is 1. The van der Waals surface area contributed by atoms with Gasteiger partial charge in [0.15, 0.2) is 0 Å². The molecule has 0 bridgehead atoms. The summed E-state index contributed by atoms with van der Waals surface area (Å²) < 4.78 is 11.1. The maximum atomic E-state index is 5.58. The van der Waals surface area contributed by atoms with Crippen LogP contribution < -0.4 is 5.32 Å². The van der Waals surface area contributed by atoms with E-state index in [0.29, 0.717) is 6.10 Å². The minimum atomic E-state index is 0.332. The maximum absolute atomic E-state index is 5.58. The summed E-state index contributed by atoms with van der Waals surface area (Å²) in [4.78, 5) is 8.02. The lowest BCUT2D eigenvalue weighted by atomic mass is 10.2. The van der Waals surface area contributed by atoms with Crippen molar-refractivity contribution in [2.75, 3.05) is 26.4 Å². The summed E-state index contributed by atoms with van der Waals surface area (Å²) in [7, 11) is 0. The Balaban J connectivity index is 1.42. The zero-order chi connectivity index (χ0) is 12.5. The Morgan fingerprint density at radius 2 is 2.50 bits per heavy atom. The first-order valence-electron chi connectivity index (χ1n) is 6.60. The fourth-order valence-corrected chi connectivity index (χ4v) is 1.93. The van der Waals surface area contributed by atoms with Crippen molar-refractivity contribution in [1.82, 2.24) is 15.3 Å². The molecule has 100 valence electrons. The molecule has 0 aliphatic carbocycles. The van der Waals surface area contributed by atoms with Crippen molar-refractivity contribution in [3.8, 4) is 0 Å². The van der Waals surface area contributed by atoms with Gasteiger partial charge in [0.05, 0.1) is 18.4 Å². The number of hydrogen-bond acceptors (Lipinski definition) is 5. The van der Waals surface area contributed by atoms with Crippen LogP contribution in [-0.2, 0) is 16.0 Å². The zero-order valence-corrected chi connectivity index (χ0v) is 10.7. The van der Waals surface area contributed by atoms with Crippen molar-refractivity contribution in [1.29, 1.82) is 0 Å². The molecular formula is C13H21N3O2. The van der Waals surface area contributed by atoms with Gasteiger partial charge in [-0.25, -0.2) is 9.97 Å². The summed E-state index contributed by atoms with van der Waals surface area (Å²) in [6, 6.07) is 1.92. The smallest absolute Gasteiger partial charge is 0.115 e. The lowest BCUT2D eigenvalue weighted by Gasteiger charge is -2.10. The van der Waals surface area contributed by atoms with Crippen LogP contribution in [0.25, 0.3) is 0 Å². The van der Waals surface area contributed by atoms with E-state index >= 15 is 0 Å². The standard InChI is InChI=1S/C13H21N3O2/c1-3-13(18-8-1)10-17-7-2-5-14-9-12-4-6-15-11-16-12/h4,6,11,13-14H,1-3,5,7-10H2. The van der Waals surface area contributed by atoms with Gasteiger partial charge in [-0.2, -0.15) is 0 Å². The molecule has 2 heterocycles. The normalized spacial score (nSPS) is 19.2. The highest BCUT2D eigenvalue weighted by molar-refractivity contribution is 4.96. The first kappa shape index (κ1) is 13.4. The van der Waals surface area contributed by atoms with E-state index in [2.05, 4.69) is 15.3 Å². The molecule has 1 aliphatic rings. The molecule has 0 spiro atoms. The van der Waals surface area contributed by atoms with Crippen LogP contribution in [-0.4, -0.2) is 42.4 Å². The minimum absolute atomic E-state index is 0.332. The number of ether oxygens (including phenoxy) is 2. The van der Waals surface area contributed by atoms with Gasteiger partial charge in [-0.05, 0) is 31.9 Å². The molecular weight excluding hydrogens is 230 g/mol. The minimum Gasteiger partial charge on any atom is -0.379 e. The van der Waals surface area contributed by atoms with Crippen LogP contribution in [0.3, 0.4) is 0 Å². The summed E-state index contributed by atoms with van der Waals surface area (Å²) in [6.45, 7) is 4.15. The van der Waals surface area contributed by atoms with Crippen molar-refractivity contribution < 1.29 is 9.47 Å². The number of rotatable bonds is 8. The molecule has 2 rings (SSSR count). The Hall–Kier alpha value is -1.04. The lowest BCUT2D eigenvalue weighted by molar-refractivity contribution is 0.0166. The molecule has 5 heteroatoms. The summed E-state index contributed by atoms with van der Waals surface area (Å²) in [6.07, 6.45) is 6.99. The van der Waals surface area contributed by atoms with Gasteiger partial charge in [-0.1, -0.05) is 0 Å². The van der Waals surface area contributed by atoms with Gasteiger partial charge in [0, 0.05) is 26.0 Å². The van der Waals surface area contributed by atoms with E-state index in [9.17, 15) is 0 Å². The molecule has 0 saturated carbocycles. The Kier molecular flexibility index (Phi) is 6.05. The SMILES string of the molecule is c1cc(CNCCCOCC2CCCO2)ncn1. The first-order chi connectivity index (χ1) is 8.95. The molecule has 1 unspecified atom stereocenters. The fraction of sp³-hybridized carbons (Fsp3) is 0.692. The van der Waals surface area contributed by atoms with Crippen molar-refractivity contribution in [3.05, 3.63) is 24.3 Å². The number of nitrogens with one attached hydrogen (secondary N) is 1. The third kappa shape index (κ3) is 5.08. The molecule has 1 aliphatic heterocycles. The van der Waals surface area contributed by atoms with E-state index in [0.717, 1.165) is 51.4 Å². The average molecular weight is 251 g/mol. The second-order valence-corrected chi connectivity index (χ2v) is 4.44. The topological polar surface area (TPSA) is 56.3 Å². The van der Waals surface area contributed by atoms with E-state index in [4.69, 9.17) is 9.47 Å². The molecule has 18 heavy (non-hydrogen) atoms. The second kappa shape index (κ2) is 8.13. The van der Waals surface area contributed by atoms with E-state index in [1.165, 1.54) is 6.42 Å². The quantitative estimate of drug-likeness (QED) is 0.702. The average Bonchev–Trinajstić information content (AvgIpc) is 2.92. The predicted molar refractivity (Wildman–Crippen MR) is 68.1 cm³/mol. The molecule has 1 atom stereocenters. The van der Waals surface area contributed by atoms with E-state index in [1.54, 1.807) is 12.5 Å². The lowest BCUT2D eigenvalue weighted by Crippen LogP contribution is -2.19. The van der Waals surface area contributed by atoms with E-state index < -0.39 is 0 Å². The Morgan fingerprint density at radius 3 is 3.28 bits per heavy atom. The monoisotopic (exact) mass is 251 g/mol. The molecule has 1 aromatic rings. The maximum Gasteiger partial charge on any atom is 0.115 e. The van der Waals surface area contributed by atoms with Gasteiger partial charge in [-0.15, -0.1) is 0 Å². The van der Waals surface area contributed by atoms with Crippen LogP contribution in [0.5, 0.6) is 0 Å². The molecule has 5 nitrogen and oxygen atoms in total. The van der Waals surface area contributed by atoms with Gasteiger partial charge >= 0.3 is 0 Å². The highest BCUT2D eigenvalue weighted by Gasteiger charge is 2.14. The highest BCUT2D eigenvalue weighted by atomic mass is 16.5. The number of aromatic nitrogens is 2. The Bertz CT molecular complexity index is 315. The van der Waals surface area contributed by atoms with Crippen molar-refractivity contribution >= 4 is 0 Å². The van der Waals surface area contributed by atoms with Gasteiger partial charge in [0.2, 0.25) is 0 Å². The largest absolute Gasteiger partial charge is 0.379 e. The first-order valence-corrected chi connectivity index (χ1v) is 6.60. The fourth-order valence-electron chi connectivity index (χ4n) is 1.93. The van der Waals surface area contributed by atoms with Crippen LogP contribution >= 0.6 is 0 Å². The summed E-state index contributed by atoms with van der Waals surface area (Å²) in [5, 5.41) is 3.33. The van der Waals surface area contributed by atoms with Crippen LogP contribution in [0.4, 0.5) is 0 Å². The van der Waals surface area contributed by atoms with Gasteiger partial charge < -0.3 is 14.8 Å².